The molecule has 0 radical (unpaired) electrons. The van der Waals surface area contributed by atoms with Crippen LogP contribution in [0.15, 0.2) is 0 Å². The van der Waals surface area contributed by atoms with E-state index in [0.29, 0.717) is 0 Å². The van der Waals surface area contributed by atoms with E-state index in [4.69, 9.17) is 5.11 Å². The molecule has 1 fully saturated rings. The Morgan fingerprint density at radius 1 is 1.31 bits per heavy atom. The molecule has 0 aromatic rings. The van der Waals surface area contributed by atoms with Crippen LogP contribution in [0.25, 0.3) is 0 Å². The zero-order valence-corrected chi connectivity index (χ0v) is 8.07. The lowest BCUT2D eigenvalue weighted by Crippen LogP contribution is -2.39. The fourth-order valence-corrected chi connectivity index (χ4v) is 1.98. The molecule has 1 rings (SSSR count). The second kappa shape index (κ2) is 3.46. The maximum atomic E-state index is 11.2. The first-order valence-electron chi connectivity index (χ1n) is 4.44. The number of carbonyl (C=O) groups excluding carboxylic acids is 1. The van der Waals surface area contributed by atoms with E-state index in [1.807, 2.05) is 13.8 Å². The summed E-state index contributed by atoms with van der Waals surface area (Å²) in [5.74, 6) is -1.26. The van der Waals surface area contributed by atoms with Gasteiger partial charge < -0.3 is 10.4 Å². The van der Waals surface area contributed by atoms with Crippen LogP contribution in [0.1, 0.15) is 20.8 Å². The molecule has 0 aliphatic carbocycles. The topological polar surface area (TPSA) is 66.4 Å². The van der Waals surface area contributed by atoms with Crippen LogP contribution < -0.4 is 5.32 Å². The van der Waals surface area contributed by atoms with E-state index < -0.39 is 12.0 Å². The number of carbonyl (C=O) groups is 2. The van der Waals surface area contributed by atoms with Crippen molar-refractivity contribution < 1.29 is 14.7 Å². The maximum absolute atomic E-state index is 11.2. The second-order valence-corrected chi connectivity index (χ2v) is 3.77. The molecule has 0 aromatic carbocycles. The van der Waals surface area contributed by atoms with E-state index in [-0.39, 0.29) is 23.7 Å². The Morgan fingerprint density at radius 2 is 1.85 bits per heavy atom. The molecule has 0 spiro atoms. The molecule has 0 saturated carbocycles. The molecule has 0 aromatic heterocycles. The summed E-state index contributed by atoms with van der Waals surface area (Å²) in [5, 5.41) is 11.8. The summed E-state index contributed by atoms with van der Waals surface area (Å²) in [5.41, 5.74) is 0. The van der Waals surface area contributed by atoms with E-state index in [9.17, 15) is 9.59 Å². The molecule has 74 valence electrons. The smallest absolute Gasteiger partial charge is 0.321 e. The highest BCUT2D eigenvalue weighted by molar-refractivity contribution is 5.87. The van der Waals surface area contributed by atoms with Gasteiger partial charge in [0.2, 0.25) is 0 Å². The standard InChI is InChI=1S/C9H15NO3/c1-4-5(2)10-8(9(12)13)7(4)6(3)11/h4-5,7-8,10H,1-3H3,(H,12,13). The van der Waals surface area contributed by atoms with E-state index in [1.165, 1.54) is 6.92 Å². The highest BCUT2D eigenvalue weighted by Crippen LogP contribution is 2.27. The molecule has 1 heterocycles. The molecule has 4 atom stereocenters. The van der Waals surface area contributed by atoms with Crippen molar-refractivity contribution in [3.8, 4) is 0 Å². The van der Waals surface area contributed by atoms with Gasteiger partial charge in [0, 0.05) is 12.0 Å². The van der Waals surface area contributed by atoms with Gasteiger partial charge in [-0.25, -0.2) is 0 Å². The van der Waals surface area contributed by atoms with Crippen molar-refractivity contribution >= 4 is 11.8 Å². The van der Waals surface area contributed by atoms with Crippen LogP contribution in [0.3, 0.4) is 0 Å². The summed E-state index contributed by atoms with van der Waals surface area (Å²) < 4.78 is 0. The third kappa shape index (κ3) is 1.72. The Hall–Kier alpha value is -0.900. The number of Topliss-reactive ketones (excluding diaryl/α,β-unsaturated/α-hetero) is 1. The summed E-state index contributed by atoms with van der Waals surface area (Å²) in [7, 11) is 0. The van der Waals surface area contributed by atoms with Crippen molar-refractivity contribution in [2.75, 3.05) is 0 Å². The van der Waals surface area contributed by atoms with Crippen LogP contribution in [-0.4, -0.2) is 28.9 Å². The Balaban J connectivity index is 2.86. The molecule has 4 nitrogen and oxygen atoms in total. The summed E-state index contributed by atoms with van der Waals surface area (Å²) in [6.45, 7) is 5.27. The summed E-state index contributed by atoms with van der Waals surface area (Å²) >= 11 is 0. The van der Waals surface area contributed by atoms with Gasteiger partial charge in [0.05, 0.1) is 0 Å². The monoisotopic (exact) mass is 185 g/mol. The first-order valence-corrected chi connectivity index (χ1v) is 4.44. The van der Waals surface area contributed by atoms with Crippen molar-refractivity contribution in [2.24, 2.45) is 11.8 Å². The molecule has 13 heavy (non-hydrogen) atoms. The molecule has 2 N–H and O–H groups in total. The molecule has 1 aliphatic heterocycles. The van der Waals surface area contributed by atoms with E-state index >= 15 is 0 Å². The second-order valence-electron chi connectivity index (χ2n) is 3.77. The highest BCUT2D eigenvalue weighted by Gasteiger charge is 2.44. The highest BCUT2D eigenvalue weighted by atomic mass is 16.4. The average molecular weight is 185 g/mol. The van der Waals surface area contributed by atoms with Gasteiger partial charge in [0.15, 0.2) is 0 Å². The molecule has 1 saturated heterocycles. The Kier molecular flexibility index (Phi) is 2.71. The van der Waals surface area contributed by atoms with Gasteiger partial charge in [0.1, 0.15) is 11.8 Å². The predicted molar refractivity (Wildman–Crippen MR) is 47.4 cm³/mol. The summed E-state index contributed by atoms with van der Waals surface area (Å²) in [4.78, 5) is 22.0. The van der Waals surface area contributed by atoms with Crippen LogP contribution in [0.2, 0.25) is 0 Å². The zero-order valence-electron chi connectivity index (χ0n) is 8.07. The largest absolute Gasteiger partial charge is 0.480 e. The van der Waals surface area contributed by atoms with E-state index in [1.54, 1.807) is 0 Å². The van der Waals surface area contributed by atoms with Crippen molar-refractivity contribution in [3.05, 3.63) is 0 Å². The van der Waals surface area contributed by atoms with Gasteiger partial charge in [-0.2, -0.15) is 0 Å². The molecule has 0 bridgehead atoms. The molecule has 4 heteroatoms. The SMILES string of the molecule is CC(=O)C1C(C(=O)O)NC(C)C1C. The van der Waals surface area contributed by atoms with Gasteiger partial charge in [-0.3, -0.25) is 9.59 Å². The Labute approximate surface area is 77.3 Å². The molecular formula is C9H15NO3. The Bertz CT molecular complexity index is 239. The summed E-state index contributed by atoms with van der Waals surface area (Å²) in [6, 6.07) is -0.613. The number of ketones is 1. The quantitative estimate of drug-likeness (QED) is 0.648. The number of nitrogens with one attached hydrogen (secondary N) is 1. The van der Waals surface area contributed by atoms with Crippen molar-refractivity contribution in [1.82, 2.24) is 5.32 Å². The van der Waals surface area contributed by atoms with Crippen LogP contribution in [0.5, 0.6) is 0 Å². The summed E-state index contributed by atoms with van der Waals surface area (Å²) in [6.07, 6.45) is 0. The normalized spacial score (nSPS) is 39.0. The Morgan fingerprint density at radius 3 is 2.15 bits per heavy atom. The van der Waals surface area contributed by atoms with Crippen LogP contribution in [-0.2, 0) is 9.59 Å². The number of hydrogen-bond donors (Lipinski definition) is 2. The van der Waals surface area contributed by atoms with Crippen molar-refractivity contribution in [3.63, 3.8) is 0 Å². The fourth-order valence-electron chi connectivity index (χ4n) is 1.98. The van der Waals surface area contributed by atoms with E-state index in [0.717, 1.165) is 0 Å². The molecule has 4 unspecified atom stereocenters. The number of carboxylic acid groups (broad SMARTS) is 1. The fraction of sp³-hybridized carbons (Fsp3) is 0.778. The van der Waals surface area contributed by atoms with Crippen molar-refractivity contribution in [2.45, 2.75) is 32.9 Å². The van der Waals surface area contributed by atoms with Gasteiger partial charge in [-0.05, 0) is 19.8 Å². The number of aliphatic carboxylic acids is 1. The van der Waals surface area contributed by atoms with Gasteiger partial charge in [0.25, 0.3) is 0 Å². The lowest BCUT2D eigenvalue weighted by molar-refractivity contribution is -0.142. The number of carboxylic acids is 1. The van der Waals surface area contributed by atoms with Gasteiger partial charge >= 0.3 is 5.97 Å². The van der Waals surface area contributed by atoms with Crippen LogP contribution in [0, 0.1) is 11.8 Å². The minimum absolute atomic E-state index is 0.0447. The molecule has 0 amide bonds. The third-order valence-corrected chi connectivity index (χ3v) is 2.89. The lowest BCUT2D eigenvalue weighted by atomic mass is 9.86. The maximum Gasteiger partial charge on any atom is 0.321 e. The van der Waals surface area contributed by atoms with Crippen LogP contribution >= 0.6 is 0 Å². The predicted octanol–water partition coefficient (Wildman–Crippen LogP) is 0.273. The minimum Gasteiger partial charge on any atom is -0.480 e. The van der Waals surface area contributed by atoms with Crippen LogP contribution in [0.4, 0.5) is 0 Å². The molecular weight excluding hydrogens is 170 g/mol. The minimum atomic E-state index is -0.934. The van der Waals surface area contributed by atoms with E-state index in [2.05, 4.69) is 5.32 Å². The zero-order chi connectivity index (χ0) is 10.2. The first-order chi connectivity index (χ1) is 5.95. The third-order valence-electron chi connectivity index (χ3n) is 2.89. The average Bonchev–Trinajstić information content (AvgIpc) is 2.28. The number of hydrogen-bond acceptors (Lipinski definition) is 3. The van der Waals surface area contributed by atoms with Gasteiger partial charge in [-0.1, -0.05) is 6.92 Å². The van der Waals surface area contributed by atoms with Gasteiger partial charge in [-0.15, -0.1) is 0 Å². The first kappa shape index (κ1) is 10.2. The number of rotatable bonds is 2. The lowest BCUT2D eigenvalue weighted by Gasteiger charge is -2.15. The molecule has 1 aliphatic rings. The van der Waals surface area contributed by atoms with Crippen molar-refractivity contribution in [1.29, 1.82) is 0 Å².